The van der Waals surface area contributed by atoms with Crippen LogP contribution in [0.2, 0.25) is 0 Å². The van der Waals surface area contributed by atoms with Gasteiger partial charge >= 0.3 is 0 Å². The highest BCUT2D eigenvalue weighted by molar-refractivity contribution is 5.91. The molecule has 0 saturated heterocycles. The Bertz CT molecular complexity index is 594. The molecule has 1 amide bonds. The zero-order chi connectivity index (χ0) is 15.1. The standard InChI is InChI=1S/C17H20N2O2/c1-13-6-8-15(9-7-13)19-17(20)12-21-16-5-3-4-14(10-16)11-18-2/h3-10,18H,11-12H2,1-2H3,(H,19,20). The normalized spacial score (nSPS) is 10.2. The predicted octanol–water partition coefficient (Wildman–Crippen LogP) is 2.73. The molecular formula is C17H20N2O2. The van der Waals surface area contributed by atoms with Crippen molar-refractivity contribution in [3.8, 4) is 5.75 Å². The lowest BCUT2D eigenvalue weighted by Crippen LogP contribution is -2.20. The largest absolute Gasteiger partial charge is 0.484 e. The maximum Gasteiger partial charge on any atom is 0.262 e. The van der Waals surface area contributed by atoms with Crippen molar-refractivity contribution in [2.24, 2.45) is 0 Å². The Hall–Kier alpha value is -2.33. The molecule has 21 heavy (non-hydrogen) atoms. The number of ether oxygens (including phenoxy) is 1. The summed E-state index contributed by atoms with van der Waals surface area (Å²) in [7, 11) is 1.89. The van der Waals surface area contributed by atoms with Crippen molar-refractivity contribution in [1.29, 1.82) is 0 Å². The Labute approximate surface area is 125 Å². The fraction of sp³-hybridized carbons (Fsp3) is 0.235. The van der Waals surface area contributed by atoms with Crippen LogP contribution in [0, 0.1) is 6.92 Å². The van der Waals surface area contributed by atoms with Gasteiger partial charge in [0.15, 0.2) is 6.61 Å². The van der Waals surface area contributed by atoms with Crippen LogP contribution in [0.5, 0.6) is 5.75 Å². The van der Waals surface area contributed by atoms with E-state index >= 15 is 0 Å². The van der Waals surface area contributed by atoms with Crippen LogP contribution in [0.25, 0.3) is 0 Å². The maximum absolute atomic E-state index is 11.8. The number of nitrogens with one attached hydrogen (secondary N) is 2. The molecular weight excluding hydrogens is 264 g/mol. The average Bonchev–Trinajstić information content (AvgIpc) is 2.48. The second kappa shape index (κ2) is 7.45. The summed E-state index contributed by atoms with van der Waals surface area (Å²) in [5, 5.41) is 5.88. The van der Waals surface area contributed by atoms with E-state index in [-0.39, 0.29) is 12.5 Å². The fourth-order valence-corrected chi connectivity index (χ4v) is 1.93. The van der Waals surface area contributed by atoms with Crippen molar-refractivity contribution in [2.45, 2.75) is 13.5 Å². The molecule has 0 aliphatic rings. The van der Waals surface area contributed by atoms with E-state index in [0.717, 1.165) is 23.4 Å². The minimum atomic E-state index is -0.169. The monoisotopic (exact) mass is 284 g/mol. The first-order valence-corrected chi connectivity index (χ1v) is 6.90. The minimum absolute atomic E-state index is 0.00309. The van der Waals surface area contributed by atoms with E-state index in [2.05, 4.69) is 10.6 Å². The number of carbonyl (C=O) groups excluding carboxylic acids is 1. The molecule has 2 aromatic carbocycles. The van der Waals surface area contributed by atoms with E-state index < -0.39 is 0 Å². The van der Waals surface area contributed by atoms with Crippen molar-refractivity contribution in [2.75, 3.05) is 19.0 Å². The first-order valence-electron chi connectivity index (χ1n) is 6.90. The van der Waals surface area contributed by atoms with Crippen LogP contribution in [0.15, 0.2) is 48.5 Å². The average molecular weight is 284 g/mol. The summed E-state index contributed by atoms with van der Waals surface area (Å²) in [6, 6.07) is 15.4. The maximum atomic E-state index is 11.8. The predicted molar refractivity (Wildman–Crippen MR) is 84.5 cm³/mol. The molecule has 0 unspecified atom stereocenters. The summed E-state index contributed by atoms with van der Waals surface area (Å²) in [5.74, 6) is 0.527. The molecule has 0 atom stereocenters. The molecule has 0 aliphatic heterocycles. The molecule has 0 aliphatic carbocycles. The number of anilines is 1. The van der Waals surface area contributed by atoms with Crippen LogP contribution < -0.4 is 15.4 Å². The van der Waals surface area contributed by atoms with Crippen LogP contribution >= 0.6 is 0 Å². The number of hydrogen-bond acceptors (Lipinski definition) is 3. The molecule has 0 saturated carbocycles. The van der Waals surface area contributed by atoms with Gasteiger partial charge in [0, 0.05) is 12.2 Å². The summed E-state index contributed by atoms with van der Waals surface area (Å²) >= 11 is 0. The number of amides is 1. The Morgan fingerprint density at radius 3 is 2.62 bits per heavy atom. The van der Waals surface area contributed by atoms with E-state index in [0.29, 0.717) is 5.75 Å². The number of benzene rings is 2. The van der Waals surface area contributed by atoms with Crippen LogP contribution in [0.1, 0.15) is 11.1 Å². The van der Waals surface area contributed by atoms with E-state index in [1.54, 1.807) is 0 Å². The van der Waals surface area contributed by atoms with Crippen LogP contribution in [0.3, 0.4) is 0 Å². The van der Waals surface area contributed by atoms with Gasteiger partial charge in [-0.2, -0.15) is 0 Å². The smallest absolute Gasteiger partial charge is 0.262 e. The van der Waals surface area contributed by atoms with Gasteiger partial charge in [-0.05, 0) is 43.8 Å². The van der Waals surface area contributed by atoms with Gasteiger partial charge in [-0.1, -0.05) is 29.8 Å². The fourth-order valence-electron chi connectivity index (χ4n) is 1.93. The van der Waals surface area contributed by atoms with Crippen molar-refractivity contribution in [3.63, 3.8) is 0 Å². The SMILES string of the molecule is CNCc1cccc(OCC(=O)Nc2ccc(C)cc2)c1. The number of aryl methyl sites for hydroxylation is 1. The van der Waals surface area contributed by atoms with Crippen molar-refractivity contribution >= 4 is 11.6 Å². The Kier molecular flexibility index (Phi) is 5.35. The second-order valence-electron chi connectivity index (χ2n) is 4.88. The number of carbonyl (C=O) groups is 1. The highest BCUT2D eigenvalue weighted by Crippen LogP contribution is 2.13. The molecule has 2 rings (SSSR count). The van der Waals surface area contributed by atoms with Gasteiger partial charge in [0.25, 0.3) is 5.91 Å². The lowest BCUT2D eigenvalue weighted by Gasteiger charge is -2.09. The summed E-state index contributed by atoms with van der Waals surface area (Å²) in [4.78, 5) is 11.8. The lowest BCUT2D eigenvalue weighted by molar-refractivity contribution is -0.118. The zero-order valence-corrected chi connectivity index (χ0v) is 12.3. The molecule has 0 spiro atoms. The molecule has 2 aromatic rings. The third-order valence-electron chi connectivity index (χ3n) is 2.98. The Morgan fingerprint density at radius 2 is 1.90 bits per heavy atom. The molecule has 4 heteroatoms. The first kappa shape index (κ1) is 15.1. The summed E-state index contributed by atoms with van der Waals surface area (Å²) < 4.78 is 5.51. The van der Waals surface area contributed by atoms with E-state index in [4.69, 9.17) is 4.74 Å². The Morgan fingerprint density at radius 1 is 1.14 bits per heavy atom. The summed E-state index contributed by atoms with van der Waals surface area (Å²) in [6.45, 7) is 2.77. The van der Waals surface area contributed by atoms with Gasteiger partial charge < -0.3 is 15.4 Å². The van der Waals surface area contributed by atoms with Crippen molar-refractivity contribution in [3.05, 3.63) is 59.7 Å². The number of rotatable bonds is 6. The zero-order valence-electron chi connectivity index (χ0n) is 12.3. The van der Waals surface area contributed by atoms with E-state index in [9.17, 15) is 4.79 Å². The van der Waals surface area contributed by atoms with E-state index in [1.165, 1.54) is 0 Å². The van der Waals surface area contributed by atoms with Crippen molar-refractivity contribution in [1.82, 2.24) is 5.32 Å². The summed E-state index contributed by atoms with van der Waals surface area (Å²) in [6.07, 6.45) is 0. The van der Waals surface area contributed by atoms with Crippen LogP contribution in [0.4, 0.5) is 5.69 Å². The highest BCUT2D eigenvalue weighted by atomic mass is 16.5. The van der Waals surface area contributed by atoms with Gasteiger partial charge in [-0.15, -0.1) is 0 Å². The topological polar surface area (TPSA) is 50.4 Å². The molecule has 4 nitrogen and oxygen atoms in total. The molecule has 2 N–H and O–H groups in total. The highest BCUT2D eigenvalue weighted by Gasteiger charge is 2.04. The molecule has 0 heterocycles. The minimum Gasteiger partial charge on any atom is -0.484 e. The lowest BCUT2D eigenvalue weighted by atomic mass is 10.2. The summed E-state index contributed by atoms with van der Waals surface area (Å²) in [5.41, 5.74) is 3.05. The van der Waals surface area contributed by atoms with Gasteiger partial charge in [-0.3, -0.25) is 4.79 Å². The third-order valence-corrected chi connectivity index (χ3v) is 2.98. The quantitative estimate of drug-likeness (QED) is 0.857. The van der Waals surface area contributed by atoms with Crippen LogP contribution in [-0.4, -0.2) is 19.6 Å². The molecule has 0 radical (unpaired) electrons. The van der Waals surface area contributed by atoms with Gasteiger partial charge in [0.2, 0.25) is 0 Å². The van der Waals surface area contributed by atoms with Gasteiger partial charge in [0.05, 0.1) is 0 Å². The van der Waals surface area contributed by atoms with Gasteiger partial charge in [0.1, 0.15) is 5.75 Å². The van der Waals surface area contributed by atoms with Crippen LogP contribution in [-0.2, 0) is 11.3 Å². The molecule has 0 aromatic heterocycles. The van der Waals surface area contributed by atoms with Crippen molar-refractivity contribution < 1.29 is 9.53 Å². The van der Waals surface area contributed by atoms with E-state index in [1.807, 2.05) is 62.5 Å². The Balaban J connectivity index is 1.86. The molecule has 0 fully saturated rings. The molecule has 110 valence electrons. The number of hydrogen-bond donors (Lipinski definition) is 2. The third kappa shape index (κ3) is 4.93. The second-order valence-corrected chi connectivity index (χ2v) is 4.88. The first-order chi connectivity index (χ1) is 10.2. The molecule has 0 bridgehead atoms. The van der Waals surface area contributed by atoms with Gasteiger partial charge in [-0.25, -0.2) is 0 Å².